The minimum absolute atomic E-state index is 0.890. The van der Waals surface area contributed by atoms with Crippen LogP contribution in [0.3, 0.4) is 0 Å². The summed E-state index contributed by atoms with van der Waals surface area (Å²) in [5.74, 6) is 0. The molecule has 0 N–H and O–H groups in total. The van der Waals surface area contributed by atoms with Crippen molar-refractivity contribution in [1.82, 2.24) is 14.1 Å². The molecule has 0 radical (unpaired) electrons. The van der Waals surface area contributed by atoms with Gasteiger partial charge >= 0.3 is 0 Å². The van der Waals surface area contributed by atoms with E-state index in [4.69, 9.17) is 4.42 Å². The van der Waals surface area contributed by atoms with E-state index in [1.807, 2.05) is 24.5 Å². The molecule has 0 bridgehead atoms. The van der Waals surface area contributed by atoms with E-state index in [9.17, 15) is 0 Å². The van der Waals surface area contributed by atoms with Crippen LogP contribution in [0.15, 0.2) is 132 Å². The average molecular weight is 500 g/mol. The molecular weight excluding hydrogens is 478 g/mol. The van der Waals surface area contributed by atoms with Crippen molar-refractivity contribution in [2.45, 2.75) is 0 Å². The lowest BCUT2D eigenvalue weighted by Crippen LogP contribution is -1.96. The van der Waals surface area contributed by atoms with Gasteiger partial charge in [0.15, 0.2) is 5.58 Å². The second-order valence-corrected chi connectivity index (χ2v) is 10.0. The van der Waals surface area contributed by atoms with Gasteiger partial charge in [-0.15, -0.1) is 0 Å². The van der Waals surface area contributed by atoms with Gasteiger partial charge in [-0.3, -0.25) is 4.98 Å². The van der Waals surface area contributed by atoms with Gasteiger partial charge in [-0.1, -0.05) is 72.8 Å². The van der Waals surface area contributed by atoms with Crippen molar-refractivity contribution in [3.63, 3.8) is 0 Å². The second kappa shape index (κ2) is 7.59. The monoisotopic (exact) mass is 499 g/mol. The van der Waals surface area contributed by atoms with Crippen LogP contribution < -0.4 is 0 Å². The van der Waals surface area contributed by atoms with E-state index in [1.54, 1.807) is 0 Å². The third-order valence-corrected chi connectivity index (χ3v) is 7.97. The van der Waals surface area contributed by atoms with Crippen LogP contribution in [0.25, 0.3) is 76.9 Å². The zero-order chi connectivity index (χ0) is 25.5. The SMILES string of the molecule is c1ccc(-n2c3ccccc3c3c4c5ccccc5oc4c4c(c5ccccc5n4-c4cccnc4)c32)cc1. The van der Waals surface area contributed by atoms with Gasteiger partial charge < -0.3 is 13.6 Å². The number of hydrogen-bond acceptors (Lipinski definition) is 2. The molecule has 39 heavy (non-hydrogen) atoms. The van der Waals surface area contributed by atoms with Crippen LogP contribution in [0, 0.1) is 0 Å². The molecule has 0 saturated heterocycles. The van der Waals surface area contributed by atoms with Crippen molar-refractivity contribution in [2.75, 3.05) is 0 Å². The summed E-state index contributed by atoms with van der Waals surface area (Å²) in [6.07, 6.45) is 3.75. The summed E-state index contributed by atoms with van der Waals surface area (Å²) < 4.78 is 11.5. The standard InChI is InChI=1S/C35H21N3O/c1-2-11-22(12-3-1)37-27-17-7-4-14-24(27)30-31-26-16-6-9-19-29(26)39-35(31)34-32(33(30)37)25-15-5-8-18-28(25)38(34)23-13-10-20-36-21-23/h1-21H. The highest BCUT2D eigenvalue weighted by Gasteiger charge is 2.27. The van der Waals surface area contributed by atoms with Gasteiger partial charge in [-0.25, -0.2) is 0 Å². The highest BCUT2D eigenvalue weighted by Crippen LogP contribution is 2.49. The molecule has 0 aliphatic rings. The predicted octanol–water partition coefficient (Wildman–Crippen LogP) is 9.18. The Hall–Kier alpha value is -5.35. The highest BCUT2D eigenvalue weighted by molar-refractivity contribution is 6.39. The number of hydrogen-bond donors (Lipinski definition) is 0. The van der Waals surface area contributed by atoms with Crippen LogP contribution in [-0.4, -0.2) is 14.1 Å². The Morgan fingerprint density at radius 1 is 0.487 bits per heavy atom. The quantitative estimate of drug-likeness (QED) is 0.238. The Morgan fingerprint density at radius 3 is 1.85 bits per heavy atom. The largest absolute Gasteiger partial charge is 0.454 e. The molecule has 0 aliphatic heterocycles. The van der Waals surface area contributed by atoms with Crippen molar-refractivity contribution in [1.29, 1.82) is 0 Å². The molecule has 0 saturated carbocycles. The number of furan rings is 1. The second-order valence-electron chi connectivity index (χ2n) is 10.0. The number of aromatic nitrogens is 3. The molecule has 0 aliphatic carbocycles. The number of nitrogens with zero attached hydrogens (tertiary/aromatic N) is 3. The van der Waals surface area contributed by atoms with E-state index < -0.39 is 0 Å². The lowest BCUT2D eigenvalue weighted by molar-refractivity contribution is 0.671. The first kappa shape index (κ1) is 20.7. The first-order valence-electron chi connectivity index (χ1n) is 13.2. The molecule has 4 aromatic heterocycles. The molecule has 0 spiro atoms. The van der Waals surface area contributed by atoms with Gasteiger partial charge in [0.2, 0.25) is 0 Å². The third-order valence-electron chi connectivity index (χ3n) is 7.97. The smallest absolute Gasteiger partial charge is 0.160 e. The lowest BCUT2D eigenvalue weighted by atomic mass is 10.0. The van der Waals surface area contributed by atoms with E-state index in [1.165, 1.54) is 32.6 Å². The number of fused-ring (bicyclic) bond motifs is 12. The Balaban J connectivity index is 1.70. The summed E-state index contributed by atoms with van der Waals surface area (Å²) in [5.41, 5.74) is 8.48. The van der Waals surface area contributed by atoms with Gasteiger partial charge in [-0.05, 0) is 42.5 Å². The Bertz CT molecular complexity index is 2370. The van der Waals surface area contributed by atoms with E-state index in [2.05, 4.69) is 117 Å². The summed E-state index contributed by atoms with van der Waals surface area (Å²) in [7, 11) is 0. The highest BCUT2D eigenvalue weighted by atomic mass is 16.3. The van der Waals surface area contributed by atoms with Gasteiger partial charge in [-0.2, -0.15) is 0 Å². The summed E-state index contributed by atoms with van der Waals surface area (Å²) in [6, 6.07) is 40.5. The molecule has 5 aromatic carbocycles. The van der Waals surface area contributed by atoms with E-state index in [0.29, 0.717) is 0 Å². The number of benzene rings is 5. The molecule has 4 nitrogen and oxygen atoms in total. The molecule has 0 atom stereocenters. The van der Waals surface area contributed by atoms with Crippen LogP contribution in [0.5, 0.6) is 0 Å². The van der Waals surface area contributed by atoms with Crippen molar-refractivity contribution >= 4 is 65.6 Å². The fraction of sp³-hybridized carbons (Fsp3) is 0. The Labute approximate surface area is 222 Å². The van der Waals surface area contributed by atoms with Gasteiger partial charge in [0.05, 0.1) is 28.4 Å². The molecular formula is C35H21N3O. The Morgan fingerprint density at radius 2 is 1.10 bits per heavy atom. The van der Waals surface area contributed by atoms with E-state index >= 15 is 0 Å². The minimum Gasteiger partial charge on any atom is -0.454 e. The molecule has 0 amide bonds. The maximum absolute atomic E-state index is 6.78. The summed E-state index contributed by atoms with van der Waals surface area (Å²) in [4.78, 5) is 4.48. The minimum atomic E-state index is 0.890. The zero-order valence-electron chi connectivity index (χ0n) is 20.9. The van der Waals surface area contributed by atoms with Crippen molar-refractivity contribution < 1.29 is 4.42 Å². The maximum Gasteiger partial charge on any atom is 0.160 e. The molecule has 9 aromatic rings. The van der Waals surface area contributed by atoms with Crippen LogP contribution in [0.2, 0.25) is 0 Å². The summed E-state index contributed by atoms with van der Waals surface area (Å²) >= 11 is 0. The lowest BCUT2D eigenvalue weighted by Gasteiger charge is -2.10. The van der Waals surface area contributed by atoms with Crippen LogP contribution in [0.1, 0.15) is 0 Å². The zero-order valence-corrected chi connectivity index (χ0v) is 20.9. The molecule has 182 valence electrons. The van der Waals surface area contributed by atoms with Gasteiger partial charge in [0.25, 0.3) is 0 Å². The molecule has 0 unspecified atom stereocenters. The van der Waals surface area contributed by atoms with E-state index in [-0.39, 0.29) is 0 Å². The van der Waals surface area contributed by atoms with E-state index in [0.717, 1.165) is 44.3 Å². The molecule has 4 heterocycles. The van der Waals surface area contributed by atoms with Crippen LogP contribution in [-0.2, 0) is 0 Å². The average Bonchev–Trinajstić information content (AvgIpc) is 3.66. The predicted molar refractivity (Wildman–Crippen MR) is 160 cm³/mol. The molecule has 4 heteroatoms. The molecule has 9 rings (SSSR count). The number of rotatable bonds is 2. The van der Waals surface area contributed by atoms with Crippen molar-refractivity contribution in [2.24, 2.45) is 0 Å². The molecule has 0 fully saturated rings. The summed E-state index contributed by atoms with van der Waals surface area (Å²) in [5, 5.41) is 7.06. The fourth-order valence-electron chi connectivity index (χ4n) is 6.48. The maximum atomic E-state index is 6.78. The Kier molecular flexibility index (Phi) is 4.02. The van der Waals surface area contributed by atoms with Crippen molar-refractivity contribution in [3.8, 4) is 11.4 Å². The normalized spacial score (nSPS) is 12.1. The number of para-hydroxylation sites is 4. The van der Waals surface area contributed by atoms with Gasteiger partial charge in [0, 0.05) is 44.2 Å². The topological polar surface area (TPSA) is 35.9 Å². The first-order valence-corrected chi connectivity index (χ1v) is 13.2. The fourth-order valence-corrected chi connectivity index (χ4v) is 6.48. The summed E-state index contributed by atoms with van der Waals surface area (Å²) in [6.45, 7) is 0. The number of pyridine rings is 1. The van der Waals surface area contributed by atoms with Crippen molar-refractivity contribution in [3.05, 3.63) is 128 Å². The van der Waals surface area contributed by atoms with Crippen LogP contribution >= 0.6 is 0 Å². The van der Waals surface area contributed by atoms with Gasteiger partial charge in [0.1, 0.15) is 11.1 Å². The first-order chi connectivity index (χ1) is 19.4. The third kappa shape index (κ3) is 2.65. The van der Waals surface area contributed by atoms with Crippen LogP contribution in [0.4, 0.5) is 0 Å².